The summed E-state index contributed by atoms with van der Waals surface area (Å²) in [4.78, 5) is 17.3. The van der Waals surface area contributed by atoms with Crippen LogP contribution in [0, 0.1) is 0 Å². The summed E-state index contributed by atoms with van der Waals surface area (Å²) in [7, 11) is 0. The number of aromatic nitrogens is 1. The molecular weight excluding hydrogens is 298 g/mol. The Kier molecular flexibility index (Phi) is 4.57. The molecule has 1 aliphatic rings. The van der Waals surface area contributed by atoms with E-state index < -0.39 is 0 Å². The van der Waals surface area contributed by atoms with E-state index >= 15 is 0 Å². The van der Waals surface area contributed by atoms with Crippen molar-refractivity contribution in [2.75, 3.05) is 0 Å². The summed E-state index contributed by atoms with van der Waals surface area (Å²) in [5.74, 6) is -0.139. The molecular formula is C15H17N5OS. The van der Waals surface area contributed by atoms with Gasteiger partial charge >= 0.3 is 0 Å². The first-order valence-corrected chi connectivity index (χ1v) is 7.91. The van der Waals surface area contributed by atoms with Gasteiger partial charge in [0.05, 0.1) is 11.8 Å². The van der Waals surface area contributed by atoms with Crippen LogP contribution in [-0.2, 0) is 4.79 Å². The quantitative estimate of drug-likeness (QED) is 0.591. The Labute approximate surface area is 132 Å². The first kappa shape index (κ1) is 14.8. The Balaban J connectivity index is 1.57. The van der Waals surface area contributed by atoms with Gasteiger partial charge in [0.15, 0.2) is 0 Å². The van der Waals surface area contributed by atoms with Gasteiger partial charge in [-0.05, 0) is 36.9 Å². The normalized spacial score (nSPS) is 21.8. The van der Waals surface area contributed by atoms with Crippen LogP contribution in [0.2, 0.25) is 0 Å². The first-order valence-electron chi connectivity index (χ1n) is 7.03. The minimum absolute atomic E-state index is 0.139. The molecule has 0 saturated carbocycles. The van der Waals surface area contributed by atoms with Crippen molar-refractivity contribution in [1.82, 2.24) is 21.3 Å². The SMILES string of the molecule is C/C(=N\NC(=O)C1CC(c2cccs2)NN1)c1ccncc1. The molecule has 114 valence electrons. The summed E-state index contributed by atoms with van der Waals surface area (Å²) < 4.78 is 0. The molecule has 0 spiro atoms. The molecule has 1 fully saturated rings. The molecule has 0 radical (unpaired) electrons. The molecule has 2 unspecified atom stereocenters. The molecule has 3 heterocycles. The van der Waals surface area contributed by atoms with Crippen LogP contribution in [0.4, 0.5) is 0 Å². The van der Waals surface area contributed by atoms with Gasteiger partial charge in [-0.25, -0.2) is 16.3 Å². The number of hydrogen-bond donors (Lipinski definition) is 3. The van der Waals surface area contributed by atoms with Crippen molar-refractivity contribution in [1.29, 1.82) is 0 Å². The number of hydrazone groups is 1. The summed E-state index contributed by atoms with van der Waals surface area (Å²) in [5.41, 5.74) is 10.5. The summed E-state index contributed by atoms with van der Waals surface area (Å²) in [6, 6.07) is 7.66. The fourth-order valence-electron chi connectivity index (χ4n) is 2.28. The van der Waals surface area contributed by atoms with E-state index in [-0.39, 0.29) is 18.0 Å². The molecule has 1 saturated heterocycles. The third kappa shape index (κ3) is 3.38. The number of hydrazine groups is 1. The number of nitrogens with zero attached hydrogens (tertiary/aromatic N) is 2. The summed E-state index contributed by atoms with van der Waals surface area (Å²) in [6.45, 7) is 1.85. The smallest absolute Gasteiger partial charge is 0.258 e. The topological polar surface area (TPSA) is 78.4 Å². The minimum Gasteiger partial charge on any atom is -0.271 e. The Morgan fingerprint density at radius 2 is 2.18 bits per heavy atom. The van der Waals surface area contributed by atoms with Gasteiger partial charge in [-0.15, -0.1) is 11.3 Å². The van der Waals surface area contributed by atoms with Gasteiger partial charge in [-0.1, -0.05) is 6.07 Å². The van der Waals surface area contributed by atoms with Crippen LogP contribution in [0.5, 0.6) is 0 Å². The maximum atomic E-state index is 12.2. The molecule has 3 N–H and O–H groups in total. The molecule has 2 atom stereocenters. The Hall–Kier alpha value is -2.09. The van der Waals surface area contributed by atoms with Crippen LogP contribution < -0.4 is 16.3 Å². The Bertz CT molecular complexity index is 656. The number of carbonyl (C=O) groups is 1. The Morgan fingerprint density at radius 1 is 1.36 bits per heavy atom. The summed E-state index contributed by atoms with van der Waals surface area (Å²) in [6.07, 6.45) is 4.10. The zero-order valence-corrected chi connectivity index (χ0v) is 12.9. The summed E-state index contributed by atoms with van der Waals surface area (Å²) in [5, 5.41) is 6.19. The van der Waals surface area contributed by atoms with E-state index in [4.69, 9.17) is 0 Å². The highest BCUT2D eigenvalue weighted by atomic mass is 32.1. The average Bonchev–Trinajstić information content (AvgIpc) is 3.23. The fraction of sp³-hybridized carbons (Fsp3) is 0.267. The van der Waals surface area contributed by atoms with Crippen LogP contribution in [0.1, 0.15) is 29.8 Å². The first-order chi connectivity index (χ1) is 10.7. The molecule has 6 nitrogen and oxygen atoms in total. The fourth-order valence-corrected chi connectivity index (χ4v) is 3.07. The van der Waals surface area contributed by atoms with Crippen molar-refractivity contribution in [3.8, 4) is 0 Å². The zero-order valence-electron chi connectivity index (χ0n) is 12.1. The van der Waals surface area contributed by atoms with Crippen molar-refractivity contribution in [3.63, 3.8) is 0 Å². The van der Waals surface area contributed by atoms with Crippen LogP contribution in [0.15, 0.2) is 47.1 Å². The average molecular weight is 315 g/mol. The molecule has 7 heteroatoms. The molecule has 0 aliphatic carbocycles. The molecule has 1 aliphatic heterocycles. The van der Waals surface area contributed by atoms with Crippen LogP contribution in [0.3, 0.4) is 0 Å². The monoisotopic (exact) mass is 315 g/mol. The van der Waals surface area contributed by atoms with Gasteiger partial charge < -0.3 is 0 Å². The number of carbonyl (C=O) groups excluding carboxylic acids is 1. The van der Waals surface area contributed by atoms with Crippen LogP contribution >= 0.6 is 11.3 Å². The number of pyridine rings is 1. The lowest BCUT2D eigenvalue weighted by atomic mass is 10.1. The third-order valence-corrected chi connectivity index (χ3v) is 4.52. The highest BCUT2D eigenvalue weighted by molar-refractivity contribution is 7.10. The van der Waals surface area contributed by atoms with E-state index in [2.05, 4.69) is 32.4 Å². The van der Waals surface area contributed by atoms with Crippen molar-refractivity contribution in [2.24, 2.45) is 5.10 Å². The molecule has 22 heavy (non-hydrogen) atoms. The van der Waals surface area contributed by atoms with Crippen LogP contribution in [-0.4, -0.2) is 22.6 Å². The number of nitrogens with one attached hydrogen (secondary N) is 3. The molecule has 2 aromatic heterocycles. The van der Waals surface area contributed by atoms with Crippen molar-refractivity contribution < 1.29 is 4.79 Å². The van der Waals surface area contributed by atoms with Gasteiger partial charge in [0.2, 0.25) is 0 Å². The van der Waals surface area contributed by atoms with E-state index in [0.29, 0.717) is 6.42 Å². The lowest BCUT2D eigenvalue weighted by Crippen LogP contribution is -2.41. The predicted octanol–water partition coefficient (Wildman–Crippen LogP) is 1.59. The molecule has 0 aromatic carbocycles. The number of hydrogen-bond acceptors (Lipinski definition) is 6. The second-order valence-electron chi connectivity index (χ2n) is 5.05. The van der Waals surface area contributed by atoms with Gasteiger partial charge in [0.25, 0.3) is 5.91 Å². The number of amides is 1. The van der Waals surface area contributed by atoms with Gasteiger partial charge in [-0.3, -0.25) is 9.78 Å². The predicted molar refractivity (Wildman–Crippen MR) is 86.3 cm³/mol. The van der Waals surface area contributed by atoms with E-state index in [9.17, 15) is 4.79 Å². The maximum absolute atomic E-state index is 12.2. The van der Waals surface area contributed by atoms with Gasteiger partial charge in [-0.2, -0.15) is 5.10 Å². The van der Waals surface area contributed by atoms with Gasteiger partial charge in [0, 0.05) is 22.8 Å². The van der Waals surface area contributed by atoms with E-state index in [0.717, 1.165) is 11.3 Å². The van der Waals surface area contributed by atoms with Crippen molar-refractivity contribution in [3.05, 3.63) is 52.5 Å². The highest BCUT2D eigenvalue weighted by Gasteiger charge is 2.30. The largest absolute Gasteiger partial charge is 0.271 e. The molecule has 3 rings (SSSR count). The van der Waals surface area contributed by atoms with Crippen molar-refractivity contribution in [2.45, 2.75) is 25.4 Å². The molecule has 1 amide bonds. The van der Waals surface area contributed by atoms with E-state index in [1.54, 1.807) is 23.7 Å². The molecule has 0 bridgehead atoms. The second kappa shape index (κ2) is 6.78. The zero-order chi connectivity index (χ0) is 15.4. The van der Waals surface area contributed by atoms with E-state index in [1.165, 1.54) is 4.88 Å². The lowest BCUT2D eigenvalue weighted by Gasteiger charge is -2.08. The highest BCUT2D eigenvalue weighted by Crippen LogP contribution is 2.25. The van der Waals surface area contributed by atoms with Gasteiger partial charge in [0.1, 0.15) is 6.04 Å². The second-order valence-corrected chi connectivity index (χ2v) is 6.03. The van der Waals surface area contributed by atoms with E-state index in [1.807, 2.05) is 30.5 Å². The van der Waals surface area contributed by atoms with Crippen LogP contribution in [0.25, 0.3) is 0 Å². The lowest BCUT2D eigenvalue weighted by molar-refractivity contribution is -0.122. The molecule has 2 aromatic rings. The number of rotatable bonds is 4. The van der Waals surface area contributed by atoms with Crippen molar-refractivity contribution >= 4 is 23.0 Å². The number of thiophene rings is 1. The summed E-state index contributed by atoms with van der Waals surface area (Å²) >= 11 is 1.68. The maximum Gasteiger partial charge on any atom is 0.258 e. The third-order valence-electron chi connectivity index (χ3n) is 3.54. The Morgan fingerprint density at radius 3 is 2.91 bits per heavy atom. The minimum atomic E-state index is -0.291. The standard InChI is InChI=1S/C15H17N5OS/c1-10(11-4-6-16-7-5-11)17-20-15(21)13-9-12(18-19-13)14-3-2-8-22-14/h2-8,12-13,18-19H,9H2,1H3,(H,20,21)/b17-10+.